The lowest BCUT2D eigenvalue weighted by molar-refractivity contribution is 0.0696. The summed E-state index contributed by atoms with van der Waals surface area (Å²) < 4.78 is 0.579. The van der Waals surface area contributed by atoms with Crippen LogP contribution in [0.25, 0.3) is 0 Å². The third-order valence-corrected chi connectivity index (χ3v) is 3.60. The van der Waals surface area contributed by atoms with Crippen LogP contribution in [0.5, 0.6) is 0 Å². The lowest BCUT2D eigenvalue weighted by Gasteiger charge is -2.10. The van der Waals surface area contributed by atoms with Gasteiger partial charge in [0.15, 0.2) is 0 Å². The molecule has 4 heteroatoms. The zero-order valence-corrected chi connectivity index (χ0v) is 12.1. The maximum atomic E-state index is 10.9. The van der Waals surface area contributed by atoms with Crippen molar-refractivity contribution in [1.29, 1.82) is 0 Å². The lowest BCUT2D eigenvalue weighted by atomic mass is 10.1. The molecule has 0 bridgehead atoms. The molecule has 2 rings (SSSR count). The number of nitrogens with one attached hydrogen (secondary N) is 1. The van der Waals surface area contributed by atoms with Crippen molar-refractivity contribution in [3.8, 4) is 0 Å². The van der Waals surface area contributed by atoms with Gasteiger partial charge in [0.2, 0.25) is 0 Å². The number of aromatic carboxylic acids is 1. The molecule has 3 nitrogen and oxygen atoms in total. The van der Waals surface area contributed by atoms with Crippen LogP contribution in [-0.4, -0.2) is 11.1 Å². The molecule has 0 fully saturated rings. The predicted molar refractivity (Wildman–Crippen MR) is 79.6 cm³/mol. The van der Waals surface area contributed by atoms with Crippen molar-refractivity contribution < 1.29 is 9.90 Å². The van der Waals surface area contributed by atoms with Gasteiger partial charge in [-0.25, -0.2) is 4.79 Å². The number of anilines is 1. The fourth-order valence-electron chi connectivity index (χ4n) is 1.80. The molecule has 0 saturated heterocycles. The monoisotopic (exact) mass is 319 g/mol. The normalized spacial score (nSPS) is 10.2. The molecule has 98 valence electrons. The Labute approximate surface area is 120 Å². The maximum Gasteiger partial charge on any atom is 0.336 e. The molecule has 0 unspecified atom stereocenters. The maximum absolute atomic E-state index is 10.9. The largest absolute Gasteiger partial charge is 0.478 e. The summed E-state index contributed by atoms with van der Waals surface area (Å²) in [6.45, 7) is 2.78. The van der Waals surface area contributed by atoms with Crippen LogP contribution in [-0.2, 0) is 6.54 Å². The Kier molecular flexibility index (Phi) is 4.22. The molecule has 19 heavy (non-hydrogen) atoms. The average Bonchev–Trinajstić information content (AvgIpc) is 2.37. The van der Waals surface area contributed by atoms with E-state index in [1.807, 2.05) is 12.1 Å². The molecule has 2 aromatic carbocycles. The molecule has 0 atom stereocenters. The minimum atomic E-state index is -0.933. The molecular weight excluding hydrogens is 306 g/mol. The van der Waals surface area contributed by atoms with E-state index in [1.54, 1.807) is 18.2 Å². The molecule has 0 amide bonds. The Morgan fingerprint density at radius 3 is 2.63 bits per heavy atom. The van der Waals surface area contributed by atoms with E-state index < -0.39 is 5.97 Å². The zero-order valence-electron chi connectivity index (χ0n) is 10.5. The van der Waals surface area contributed by atoms with Crippen molar-refractivity contribution in [2.75, 3.05) is 5.32 Å². The third-order valence-electron chi connectivity index (χ3n) is 2.94. The Morgan fingerprint density at radius 2 is 2.00 bits per heavy atom. The van der Waals surface area contributed by atoms with E-state index in [9.17, 15) is 4.79 Å². The average molecular weight is 320 g/mol. The summed E-state index contributed by atoms with van der Waals surface area (Å²) in [6, 6.07) is 13.3. The Morgan fingerprint density at radius 1 is 1.26 bits per heavy atom. The van der Waals surface area contributed by atoms with Crippen LogP contribution < -0.4 is 5.32 Å². The Balaban J connectivity index is 2.11. The van der Waals surface area contributed by atoms with Crippen molar-refractivity contribution in [2.24, 2.45) is 0 Å². The SMILES string of the molecule is Cc1ccccc1CNc1ccc(C(=O)O)c(Br)c1. The van der Waals surface area contributed by atoms with E-state index >= 15 is 0 Å². The molecule has 0 heterocycles. The molecule has 0 aromatic heterocycles. The van der Waals surface area contributed by atoms with Gasteiger partial charge in [0.25, 0.3) is 0 Å². The minimum Gasteiger partial charge on any atom is -0.478 e. The molecule has 2 aromatic rings. The van der Waals surface area contributed by atoms with Gasteiger partial charge in [0, 0.05) is 16.7 Å². The highest BCUT2D eigenvalue weighted by molar-refractivity contribution is 9.10. The van der Waals surface area contributed by atoms with Crippen molar-refractivity contribution in [2.45, 2.75) is 13.5 Å². The van der Waals surface area contributed by atoms with Crippen LogP contribution >= 0.6 is 15.9 Å². The molecule has 0 aliphatic heterocycles. The molecule has 2 N–H and O–H groups in total. The fraction of sp³-hybridized carbons (Fsp3) is 0.133. The predicted octanol–water partition coefficient (Wildman–Crippen LogP) is 4.07. The number of hydrogen-bond donors (Lipinski definition) is 2. The highest BCUT2D eigenvalue weighted by atomic mass is 79.9. The second-order valence-corrected chi connectivity index (χ2v) is 5.13. The topological polar surface area (TPSA) is 49.3 Å². The van der Waals surface area contributed by atoms with Gasteiger partial charge in [-0.3, -0.25) is 0 Å². The highest BCUT2D eigenvalue weighted by Gasteiger charge is 2.08. The Hall–Kier alpha value is -1.81. The summed E-state index contributed by atoms with van der Waals surface area (Å²) in [6.07, 6.45) is 0. The number of halogens is 1. The molecule has 0 aliphatic rings. The van der Waals surface area contributed by atoms with Gasteiger partial charge in [-0.2, -0.15) is 0 Å². The molecule has 0 aliphatic carbocycles. The number of carbonyl (C=O) groups is 1. The quantitative estimate of drug-likeness (QED) is 0.893. The molecule has 0 saturated carbocycles. The first-order valence-corrected chi connectivity index (χ1v) is 6.68. The van der Waals surface area contributed by atoms with Crippen LogP contribution in [0.1, 0.15) is 21.5 Å². The van der Waals surface area contributed by atoms with Crippen molar-refractivity contribution in [3.05, 3.63) is 63.6 Å². The van der Waals surface area contributed by atoms with E-state index in [4.69, 9.17) is 5.11 Å². The van der Waals surface area contributed by atoms with Crippen LogP contribution in [0.2, 0.25) is 0 Å². The van der Waals surface area contributed by atoms with Crippen LogP contribution in [0, 0.1) is 6.92 Å². The summed E-state index contributed by atoms with van der Waals surface area (Å²) in [4.78, 5) is 10.9. The summed E-state index contributed by atoms with van der Waals surface area (Å²) >= 11 is 3.27. The molecular formula is C15H14BrNO2. The van der Waals surface area contributed by atoms with Crippen molar-refractivity contribution >= 4 is 27.6 Å². The number of rotatable bonds is 4. The van der Waals surface area contributed by atoms with E-state index in [-0.39, 0.29) is 5.56 Å². The Bertz CT molecular complexity index is 611. The number of aryl methyl sites for hydroxylation is 1. The summed E-state index contributed by atoms with van der Waals surface area (Å²) in [5.41, 5.74) is 3.61. The van der Waals surface area contributed by atoms with Gasteiger partial charge < -0.3 is 10.4 Å². The number of hydrogen-bond acceptors (Lipinski definition) is 2. The molecule has 0 radical (unpaired) electrons. The van der Waals surface area contributed by atoms with Crippen molar-refractivity contribution in [1.82, 2.24) is 0 Å². The van der Waals surface area contributed by atoms with E-state index in [0.717, 1.165) is 5.69 Å². The van der Waals surface area contributed by atoms with E-state index in [0.29, 0.717) is 11.0 Å². The zero-order chi connectivity index (χ0) is 13.8. The first kappa shape index (κ1) is 13.6. The lowest BCUT2D eigenvalue weighted by Crippen LogP contribution is -2.03. The van der Waals surface area contributed by atoms with Crippen LogP contribution in [0.4, 0.5) is 5.69 Å². The van der Waals surface area contributed by atoms with Crippen molar-refractivity contribution in [3.63, 3.8) is 0 Å². The summed E-state index contributed by atoms with van der Waals surface area (Å²) in [7, 11) is 0. The summed E-state index contributed by atoms with van der Waals surface area (Å²) in [5, 5.41) is 12.2. The second kappa shape index (κ2) is 5.89. The second-order valence-electron chi connectivity index (χ2n) is 4.28. The highest BCUT2D eigenvalue weighted by Crippen LogP contribution is 2.22. The summed E-state index contributed by atoms with van der Waals surface area (Å²) in [5.74, 6) is -0.933. The third kappa shape index (κ3) is 3.35. The number of carboxylic acids is 1. The minimum absolute atomic E-state index is 0.265. The van der Waals surface area contributed by atoms with Gasteiger partial charge in [-0.1, -0.05) is 24.3 Å². The molecule has 0 spiro atoms. The first-order valence-electron chi connectivity index (χ1n) is 5.89. The van der Waals surface area contributed by atoms with Gasteiger partial charge >= 0.3 is 5.97 Å². The first-order chi connectivity index (χ1) is 9.08. The standard InChI is InChI=1S/C15H14BrNO2/c1-10-4-2-3-5-11(10)9-17-12-6-7-13(15(18)19)14(16)8-12/h2-8,17H,9H2,1H3,(H,18,19). The van der Waals surface area contributed by atoms with Gasteiger partial charge in [0.05, 0.1) is 5.56 Å². The fourth-order valence-corrected chi connectivity index (χ4v) is 2.35. The smallest absolute Gasteiger partial charge is 0.336 e. The number of carboxylic acid groups (broad SMARTS) is 1. The van der Waals surface area contributed by atoms with E-state index in [2.05, 4.69) is 40.3 Å². The van der Waals surface area contributed by atoms with E-state index in [1.165, 1.54) is 11.1 Å². The number of benzene rings is 2. The van der Waals surface area contributed by atoms with Gasteiger partial charge in [-0.05, 0) is 52.2 Å². The van der Waals surface area contributed by atoms with Crippen LogP contribution in [0.15, 0.2) is 46.9 Å². The van der Waals surface area contributed by atoms with Crippen LogP contribution in [0.3, 0.4) is 0 Å². The van der Waals surface area contributed by atoms with Gasteiger partial charge in [0.1, 0.15) is 0 Å². The van der Waals surface area contributed by atoms with Gasteiger partial charge in [-0.15, -0.1) is 0 Å².